The van der Waals surface area contributed by atoms with Crippen molar-refractivity contribution in [1.29, 1.82) is 0 Å². The maximum absolute atomic E-state index is 14.0. The van der Waals surface area contributed by atoms with Gasteiger partial charge in [-0.05, 0) is 44.2 Å². The average molecular weight is 433 g/mol. The van der Waals surface area contributed by atoms with Crippen LogP contribution in [-0.4, -0.2) is 37.0 Å². The first-order valence-corrected chi connectivity index (χ1v) is 8.86. The van der Waals surface area contributed by atoms with Gasteiger partial charge in [-0.1, -0.05) is 12.1 Å². The number of hydrogen-bond donors (Lipinski definition) is 1. The summed E-state index contributed by atoms with van der Waals surface area (Å²) in [5.41, 5.74) is -2.12. The first-order valence-electron chi connectivity index (χ1n) is 8.86. The molecule has 1 amide bonds. The van der Waals surface area contributed by atoms with Crippen LogP contribution in [0.4, 0.5) is 23.2 Å². The highest BCUT2D eigenvalue weighted by atomic mass is 35.5. The van der Waals surface area contributed by atoms with Gasteiger partial charge in [-0.2, -0.15) is 13.2 Å². The lowest BCUT2D eigenvalue weighted by Crippen LogP contribution is -2.35. The van der Waals surface area contributed by atoms with Gasteiger partial charge in [-0.25, -0.2) is 4.39 Å². The third-order valence-corrected chi connectivity index (χ3v) is 4.61. The summed E-state index contributed by atoms with van der Waals surface area (Å²) in [6.45, 7) is 1.82. The molecule has 1 aliphatic heterocycles. The summed E-state index contributed by atoms with van der Waals surface area (Å²) in [4.78, 5) is 14.5. The predicted molar refractivity (Wildman–Crippen MR) is 104 cm³/mol. The molecule has 158 valence electrons. The Morgan fingerprint density at radius 3 is 2.45 bits per heavy atom. The number of carbonyl (C=O) groups is 1. The van der Waals surface area contributed by atoms with Crippen LogP contribution in [0.15, 0.2) is 42.5 Å². The van der Waals surface area contributed by atoms with Crippen molar-refractivity contribution >= 4 is 24.0 Å². The molecule has 1 heterocycles. The Morgan fingerprint density at radius 2 is 1.79 bits per heavy atom. The second-order valence-corrected chi connectivity index (χ2v) is 6.76. The summed E-state index contributed by atoms with van der Waals surface area (Å²) in [5.74, 6) is -1.90. The van der Waals surface area contributed by atoms with E-state index in [0.29, 0.717) is 11.8 Å². The average Bonchev–Trinajstić information content (AvgIpc) is 2.63. The zero-order valence-corrected chi connectivity index (χ0v) is 16.4. The highest BCUT2D eigenvalue weighted by Crippen LogP contribution is 2.33. The summed E-state index contributed by atoms with van der Waals surface area (Å²) in [5, 5.41) is 2.33. The fraction of sp³-hybridized carbons (Fsp3) is 0.350. The minimum atomic E-state index is -4.84. The Bertz CT molecular complexity index is 853. The first kappa shape index (κ1) is 23.0. The van der Waals surface area contributed by atoms with Crippen LogP contribution in [0.3, 0.4) is 0 Å². The van der Waals surface area contributed by atoms with E-state index < -0.39 is 29.0 Å². The summed E-state index contributed by atoms with van der Waals surface area (Å²) in [7, 11) is 2.03. The van der Waals surface area contributed by atoms with E-state index >= 15 is 0 Å². The molecule has 2 aromatic rings. The van der Waals surface area contributed by atoms with Gasteiger partial charge in [-0.15, -0.1) is 12.4 Å². The van der Waals surface area contributed by atoms with Gasteiger partial charge in [0.25, 0.3) is 5.91 Å². The third-order valence-electron chi connectivity index (χ3n) is 4.61. The van der Waals surface area contributed by atoms with Crippen molar-refractivity contribution in [3.05, 3.63) is 59.4 Å². The molecule has 1 saturated heterocycles. The smallest absolute Gasteiger partial charge is 0.417 e. The van der Waals surface area contributed by atoms with E-state index in [2.05, 4.69) is 10.2 Å². The SMILES string of the molecule is CN1CCC(Oc2cccc(NC(=O)c3c(F)cccc3C(F)(F)F)c2)CC1.Cl. The number of nitrogens with zero attached hydrogens (tertiary/aromatic N) is 1. The second kappa shape index (κ2) is 9.45. The van der Waals surface area contributed by atoms with Crippen LogP contribution in [0.2, 0.25) is 0 Å². The van der Waals surface area contributed by atoms with Crippen molar-refractivity contribution in [2.24, 2.45) is 0 Å². The quantitative estimate of drug-likeness (QED) is 0.692. The molecule has 1 N–H and O–H groups in total. The van der Waals surface area contributed by atoms with E-state index in [4.69, 9.17) is 4.74 Å². The topological polar surface area (TPSA) is 41.6 Å². The van der Waals surface area contributed by atoms with Crippen LogP contribution in [0.5, 0.6) is 5.75 Å². The maximum atomic E-state index is 14.0. The normalized spacial score (nSPS) is 15.5. The summed E-state index contributed by atoms with van der Waals surface area (Å²) >= 11 is 0. The summed E-state index contributed by atoms with van der Waals surface area (Å²) in [6, 6.07) is 8.77. The number of ether oxygens (including phenoxy) is 1. The van der Waals surface area contributed by atoms with E-state index in [1.165, 1.54) is 12.1 Å². The molecule has 0 saturated carbocycles. The van der Waals surface area contributed by atoms with Crippen LogP contribution in [0.25, 0.3) is 0 Å². The van der Waals surface area contributed by atoms with Crippen molar-refractivity contribution in [2.45, 2.75) is 25.1 Å². The number of amides is 1. The van der Waals surface area contributed by atoms with Crippen molar-refractivity contribution in [3.63, 3.8) is 0 Å². The fourth-order valence-corrected chi connectivity index (χ4v) is 3.13. The molecule has 0 spiro atoms. The number of likely N-dealkylation sites (tertiary alicyclic amines) is 1. The molecular formula is C20H21ClF4N2O2. The van der Waals surface area contributed by atoms with Gasteiger partial charge in [0, 0.05) is 24.8 Å². The molecule has 0 atom stereocenters. The van der Waals surface area contributed by atoms with Crippen molar-refractivity contribution in [1.82, 2.24) is 4.90 Å². The highest BCUT2D eigenvalue weighted by Gasteiger charge is 2.36. The van der Waals surface area contributed by atoms with Crippen LogP contribution >= 0.6 is 12.4 Å². The van der Waals surface area contributed by atoms with Crippen LogP contribution in [-0.2, 0) is 6.18 Å². The molecule has 3 rings (SSSR count). The molecule has 2 aromatic carbocycles. The zero-order valence-electron chi connectivity index (χ0n) is 15.6. The minimum absolute atomic E-state index is 0. The van der Waals surface area contributed by atoms with Gasteiger partial charge in [0.05, 0.1) is 11.1 Å². The Balaban J connectivity index is 0.00000300. The van der Waals surface area contributed by atoms with Crippen molar-refractivity contribution in [2.75, 3.05) is 25.5 Å². The zero-order chi connectivity index (χ0) is 20.3. The molecule has 1 fully saturated rings. The van der Waals surface area contributed by atoms with Gasteiger partial charge in [0.1, 0.15) is 17.7 Å². The van der Waals surface area contributed by atoms with Crippen LogP contribution in [0, 0.1) is 5.82 Å². The Hall–Kier alpha value is -2.32. The predicted octanol–water partition coefficient (Wildman–Crippen LogP) is 4.99. The Morgan fingerprint density at radius 1 is 1.14 bits per heavy atom. The number of piperidine rings is 1. The molecule has 0 radical (unpaired) electrons. The van der Waals surface area contributed by atoms with Crippen molar-refractivity contribution in [3.8, 4) is 5.75 Å². The lowest BCUT2D eigenvalue weighted by atomic mass is 10.1. The summed E-state index contributed by atoms with van der Waals surface area (Å²) in [6.07, 6.45) is -3.09. The summed E-state index contributed by atoms with van der Waals surface area (Å²) < 4.78 is 59.2. The number of alkyl halides is 3. The number of hydrogen-bond acceptors (Lipinski definition) is 3. The minimum Gasteiger partial charge on any atom is -0.490 e. The molecule has 0 bridgehead atoms. The third kappa shape index (κ3) is 5.83. The number of anilines is 1. The number of halogens is 5. The van der Waals surface area contributed by atoms with Crippen LogP contribution < -0.4 is 10.1 Å². The van der Waals surface area contributed by atoms with E-state index in [0.717, 1.165) is 38.1 Å². The van der Waals surface area contributed by atoms with E-state index in [1.54, 1.807) is 12.1 Å². The van der Waals surface area contributed by atoms with Gasteiger partial charge in [0.15, 0.2) is 0 Å². The molecule has 0 aliphatic carbocycles. The van der Waals surface area contributed by atoms with E-state index in [-0.39, 0.29) is 24.2 Å². The first-order chi connectivity index (χ1) is 13.2. The lowest BCUT2D eigenvalue weighted by Gasteiger charge is -2.29. The van der Waals surface area contributed by atoms with Gasteiger partial charge >= 0.3 is 6.18 Å². The van der Waals surface area contributed by atoms with Gasteiger partial charge < -0.3 is 15.0 Å². The molecule has 9 heteroatoms. The number of rotatable bonds is 4. The van der Waals surface area contributed by atoms with Gasteiger partial charge in [-0.3, -0.25) is 4.79 Å². The second-order valence-electron chi connectivity index (χ2n) is 6.76. The monoisotopic (exact) mass is 432 g/mol. The number of carbonyl (C=O) groups excluding carboxylic acids is 1. The van der Waals surface area contributed by atoms with Crippen molar-refractivity contribution < 1.29 is 27.1 Å². The fourth-order valence-electron chi connectivity index (χ4n) is 3.13. The van der Waals surface area contributed by atoms with Crippen LogP contribution in [0.1, 0.15) is 28.8 Å². The molecule has 29 heavy (non-hydrogen) atoms. The molecular weight excluding hydrogens is 412 g/mol. The largest absolute Gasteiger partial charge is 0.490 e. The maximum Gasteiger partial charge on any atom is 0.417 e. The molecule has 0 aromatic heterocycles. The standard InChI is InChI=1S/C20H20F4N2O2.ClH/c1-26-10-8-14(9-11-26)28-15-5-2-4-13(12-15)25-19(27)18-16(20(22,23)24)6-3-7-17(18)21;/h2-7,12,14H,8-11H2,1H3,(H,25,27);1H. The lowest BCUT2D eigenvalue weighted by molar-refractivity contribution is -0.138. The van der Waals surface area contributed by atoms with E-state index in [1.807, 2.05) is 7.05 Å². The highest BCUT2D eigenvalue weighted by molar-refractivity contribution is 6.05. The Labute approximate surface area is 172 Å². The molecule has 1 aliphatic rings. The number of nitrogens with one attached hydrogen (secondary N) is 1. The van der Waals surface area contributed by atoms with E-state index in [9.17, 15) is 22.4 Å². The number of benzene rings is 2. The molecule has 4 nitrogen and oxygen atoms in total. The Kier molecular flexibility index (Phi) is 7.48. The van der Waals surface area contributed by atoms with Gasteiger partial charge in [0.2, 0.25) is 0 Å². The molecule has 0 unspecified atom stereocenters.